The molecule has 0 aliphatic heterocycles. The lowest BCUT2D eigenvalue weighted by Gasteiger charge is -2.08. The summed E-state index contributed by atoms with van der Waals surface area (Å²) < 4.78 is 0. The molecule has 0 spiro atoms. The Morgan fingerprint density at radius 3 is 1.50 bits per heavy atom. The Morgan fingerprint density at radius 2 is 1.25 bits per heavy atom. The quantitative estimate of drug-likeness (QED) is 0.605. The van der Waals surface area contributed by atoms with Gasteiger partial charge in [-0.25, -0.2) is 0 Å². The second kappa shape index (κ2) is 3.12. The van der Waals surface area contributed by atoms with Crippen molar-refractivity contribution in [3.05, 3.63) is 46.5 Å². The Hall–Kier alpha value is -0.460. The maximum absolute atomic E-state index is 5.82. The van der Waals surface area contributed by atoms with Crippen LogP contribution in [0.4, 0.5) is 0 Å². The van der Waals surface area contributed by atoms with E-state index in [2.05, 4.69) is 12.2 Å². The van der Waals surface area contributed by atoms with Crippen LogP contribution >= 0.6 is 23.2 Å². The van der Waals surface area contributed by atoms with Crippen molar-refractivity contribution in [1.82, 2.24) is 0 Å². The highest BCUT2D eigenvalue weighted by atomic mass is 35.5. The van der Waals surface area contributed by atoms with E-state index in [0.29, 0.717) is 11.8 Å². The molecule has 0 saturated heterocycles. The minimum atomic E-state index is 0.394. The van der Waals surface area contributed by atoms with Gasteiger partial charge in [0.2, 0.25) is 0 Å². The SMILES string of the molecule is ClC1=CC(C2C=CC(Cl)=C2)C=C1. The van der Waals surface area contributed by atoms with Crippen molar-refractivity contribution in [1.29, 1.82) is 0 Å². The molecule has 0 bridgehead atoms. The van der Waals surface area contributed by atoms with Gasteiger partial charge >= 0.3 is 0 Å². The van der Waals surface area contributed by atoms with Gasteiger partial charge in [-0.1, -0.05) is 47.5 Å². The average molecular weight is 199 g/mol. The average Bonchev–Trinajstić information content (AvgIpc) is 2.58. The minimum absolute atomic E-state index is 0.394. The second-order valence-corrected chi connectivity index (χ2v) is 3.85. The van der Waals surface area contributed by atoms with Gasteiger partial charge in [0, 0.05) is 21.9 Å². The molecule has 2 rings (SSSR count). The van der Waals surface area contributed by atoms with Crippen LogP contribution in [0.25, 0.3) is 0 Å². The minimum Gasteiger partial charge on any atom is -0.0847 e. The summed E-state index contributed by atoms with van der Waals surface area (Å²) >= 11 is 11.6. The summed E-state index contributed by atoms with van der Waals surface area (Å²) in [7, 11) is 0. The Bertz CT molecular complexity index is 276. The summed E-state index contributed by atoms with van der Waals surface area (Å²) in [5.74, 6) is 0.787. The molecule has 0 aromatic carbocycles. The largest absolute Gasteiger partial charge is 0.0847 e. The summed E-state index contributed by atoms with van der Waals surface area (Å²) in [5.41, 5.74) is 0. The van der Waals surface area contributed by atoms with Crippen molar-refractivity contribution in [3.8, 4) is 0 Å². The summed E-state index contributed by atoms with van der Waals surface area (Å²) in [6.07, 6.45) is 12.2. The summed E-state index contributed by atoms with van der Waals surface area (Å²) in [6, 6.07) is 0. The van der Waals surface area contributed by atoms with E-state index in [-0.39, 0.29) is 0 Å². The zero-order valence-electron chi connectivity index (χ0n) is 6.37. The number of halogens is 2. The predicted molar refractivity (Wildman–Crippen MR) is 53.1 cm³/mol. The third kappa shape index (κ3) is 1.50. The predicted octanol–water partition coefficient (Wildman–Crippen LogP) is 3.60. The van der Waals surface area contributed by atoms with Gasteiger partial charge < -0.3 is 0 Å². The molecule has 0 nitrogen and oxygen atoms in total. The lowest BCUT2D eigenvalue weighted by molar-refractivity contribution is 0.690. The molecule has 62 valence electrons. The molecule has 0 aromatic heterocycles. The summed E-state index contributed by atoms with van der Waals surface area (Å²) in [4.78, 5) is 0. The molecule has 0 saturated carbocycles. The Labute approximate surface area is 81.9 Å². The smallest absolute Gasteiger partial charge is 0.0369 e. The number of rotatable bonds is 1. The molecule has 2 heteroatoms. The van der Waals surface area contributed by atoms with Crippen LogP contribution in [-0.4, -0.2) is 0 Å². The number of hydrogen-bond acceptors (Lipinski definition) is 0. The zero-order chi connectivity index (χ0) is 8.55. The van der Waals surface area contributed by atoms with Crippen LogP contribution in [0.15, 0.2) is 46.5 Å². The van der Waals surface area contributed by atoms with Crippen LogP contribution in [0, 0.1) is 11.8 Å². The van der Waals surface area contributed by atoms with Crippen molar-refractivity contribution < 1.29 is 0 Å². The van der Waals surface area contributed by atoms with Gasteiger partial charge in [-0.2, -0.15) is 0 Å². The molecule has 0 radical (unpaired) electrons. The maximum atomic E-state index is 5.82. The van der Waals surface area contributed by atoms with E-state index in [4.69, 9.17) is 23.2 Å². The summed E-state index contributed by atoms with van der Waals surface area (Å²) in [6.45, 7) is 0. The highest BCUT2D eigenvalue weighted by Gasteiger charge is 2.18. The molecule has 0 amide bonds. The molecule has 0 aromatic rings. The zero-order valence-corrected chi connectivity index (χ0v) is 7.89. The van der Waals surface area contributed by atoms with E-state index >= 15 is 0 Å². The molecule has 12 heavy (non-hydrogen) atoms. The van der Waals surface area contributed by atoms with Gasteiger partial charge in [0.05, 0.1) is 0 Å². The highest BCUT2D eigenvalue weighted by Crippen LogP contribution is 2.31. The van der Waals surface area contributed by atoms with Gasteiger partial charge in [-0.15, -0.1) is 0 Å². The van der Waals surface area contributed by atoms with Gasteiger partial charge in [0.1, 0.15) is 0 Å². The van der Waals surface area contributed by atoms with E-state index in [1.165, 1.54) is 0 Å². The molecule has 2 aliphatic rings. The molecule has 0 fully saturated rings. The van der Waals surface area contributed by atoms with Crippen molar-refractivity contribution in [2.45, 2.75) is 0 Å². The van der Waals surface area contributed by atoms with Gasteiger partial charge in [0.25, 0.3) is 0 Å². The van der Waals surface area contributed by atoms with E-state index in [9.17, 15) is 0 Å². The molecule has 2 unspecified atom stereocenters. The molecule has 2 aliphatic carbocycles. The fraction of sp³-hybridized carbons (Fsp3) is 0.200. The van der Waals surface area contributed by atoms with Crippen LogP contribution in [0.5, 0.6) is 0 Å². The Kier molecular flexibility index (Phi) is 2.12. The Balaban J connectivity index is 2.14. The first-order valence-corrected chi connectivity index (χ1v) is 4.62. The van der Waals surface area contributed by atoms with Crippen LogP contribution in [-0.2, 0) is 0 Å². The standard InChI is InChI=1S/C10H8Cl2/c11-9-3-1-7(5-9)8-2-4-10(12)6-8/h1-8H. The molecule has 2 atom stereocenters. The maximum Gasteiger partial charge on any atom is 0.0369 e. The number of allylic oxidation sites excluding steroid dienone is 8. The monoisotopic (exact) mass is 198 g/mol. The van der Waals surface area contributed by atoms with Gasteiger partial charge in [-0.05, 0) is 12.2 Å². The van der Waals surface area contributed by atoms with Crippen molar-refractivity contribution in [2.75, 3.05) is 0 Å². The first kappa shape index (κ1) is 8.15. The van der Waals surface area contributed by atoms with Crippen molar-refractivity contribution in [2.24, 2.45) is 11.8 Å². The van der Waals surface area contributed by atoms with Crippen LogP contribution in [0.2, 0.25) is 0 Å². The van der Waals surface area contributed by atoms with Crippen molar-refractivity contribution >= 4 is 23.2 Å². The first-order chi connectivity index (χ1) is 5.75. The third-order valence-electron chi connectivity index (χ3n) is 2.10. The van der Waals surface area contributed by atoms with Crippen LogP contribution in [0.1, 0.15) is 0 Å². The lowest BCUT2D eigenvalue weighted by atomic mass is 9.96. The molecule has 0 N–H and O–H groups in total. The normalized spacial score (nSPS) is 32.5. The third-order valence-corrected chi connectivity index (χ3v) is 2.61. The fourth-order valence-corrected chi connectivity index (χ4v) is 1.91. The van der Waals surface area contributed by atoms with Gasteiger partial charge in [0.15, 0.2) is 0 Å². The van der Waals surface area contributed by atoms with E-state index in [0.717, 1.165) is 10.1 Å². The summed E-state index contributed by atoms with van der Waals surface area (Å²) in [5, 5.41) is 1.65. The van der Waals surface area contributed by atoms with E-state index < -0.39 is 0 Å². The first-order valence-electron chi connectivity index (χ1n) is 3.87. The highest BCUT2D eigenvalue weighted by molar-refractivity contribution is 6.32. The lowest BCUT2D eigenvalue weighted by Crippen LogP contribution is -2.00. The van der Waals surface area contributed by atoms with Crippen LogP contribution < -0.4 is 0 Å². The number of hydrogen-bond donors (Lipinski definition) is 0. The van der Waals surface area contributed by atoms with Gasteiger partial charge in [-0.3, -0.25) is 0 Å². The molecular weight excluding hydrogens is 191 g/mol. The Morgan fingerprint density at radius 1 is 0.833 bits per heavy atom. The van der Waals surface area contributed by atoms with E-state index in [1.807, 2.05) is 24.3 Å². The second-order valence-electron chi connectivity index (χ2n) is 2.98. The van der Waals surface area contributed by atoms with Crippen LogP contribution in [0.3, 0.4) is 0 Å². The van der Waals surface area contributed by atoms with E-state index in [1.54, 1.807) is 0 Å². The molecule has 0 heterocycles. The topological polar surface area (TPSA) is 0 Å². The molecular formula is C10H8Cl2. The van der Waals surface area contributed by atoms with Crippen molar-refractivity contribution in [3.63, 3.8) is 0 Å². The fourth-order valence-electron chi connectivity index (χ4n) is 1.47.